The molecule has 4 amide bonds. The van der Waals surface area contributed by atoms with Crippen LogP contribution in [0.2, 0.25) is 0 Å². The minimum absolute atomic E-state index is 0.0459. The van der Waals surface area contributed by atoms with Crippen LogP contribution >= 0.6 is 0 Å². The molecule has 9 heteroatoms. The average molecular weight is 561 g/mol. The van der Waals surface area contributed by atoms with Crippen molar-refractivity contribution >= 4 is 40.3 Å². The van der Waals surface area contributed by atoms with Crippen LogP contribution in [0, 0.1) is 13.8 Å². The summed E-state index contributed by atoms with van der Waals surface area (Å²) in [6.07, 6.45) is -0.989. The number of benzene rings is 3. The Balaban J connectivity index is 2.00. The molecule has 0 saturated carbocycles. The van der Waals surface area contributed by atoms with Crippen LogP contribution in [0.25, 0.3) is 10.8 Å². The van der Waals surface area contributed by atoms with Crippen molar-refractivity contribution in [2.24, 2.45) is 5.73 Å². The van der Waals surface area contributed by atoms with Crippen molar-refractivity contribution in [2.75, 3.05) is 11.9 Å². The Hall–Kier alpha value is -4.40. The topological polar surface area (TPSA) is 131 Å². The lowest BCUT2D eigenvalue weighted by atomic mass is 9.98. The minimum atomic E-state index is -1.14. The molecule has 4 N–H and O–H groups in total. The number of nitrogens with zero attached hydrogens (tertiary/aromatic N) is 1. The summed E-state index contributed by atoms with van der Waals surface area (Å²) < 4.78 is 5.36. The van der Waals surface area contributed by atoms with E-state index in [0.29, 0.717) is 11.3 Å². The third-order valence-corrected chi connectivity index (χ3v) is 6.43. The van der Waals surface area contributed by atoms with Crippen molar-refractivity contribution < 1.29 is 23.9 Å². The molecule has 0 saturated heterocycles. The molecule has 3 rings (SSSR count). The zero-order chi connectivity index (χ0) is 30.3. The maximum atomic E-state index is 14.0. The maximum Gasteiger partial charge on any atom is 0.408 e. The van der Waals surface area contributed by atoms with Gasteiger partial charge < -0.3 is 26.0 Å². The van der Waals surface area contributed by atoms with Gasteiger partial charge in [-0.25, -0.2) is 4.79 Å². The Morgan fingerprint density at radius 1 is 0.927 bits per heavy atom. The number of hydrogen-bond donors (Lipinski definition) is 3. The minimum Gasteiger partial charge on any atom is -0.444 e. The molecular formula is C32H40N4O5. The quantitative estimate of drug-likeness (QED) is 0.316. The van der Waals surface area contributed by atoms with Crippen molar-refractivity contribution in [3.63, 3.8) is 0 Å². The van der Waals surface area contributed by atoms with Gasteiger partial charge in [0.1, 0.15) is 17.7 Å². The van der Waals surface area contributed by atoms with E-state index < -0.39 is 41.5 Å². The maximum absolute atomic E-state index is 14.0. The van der Waals surface area contributed by atoms with E-state index in [1.54, 1.807) is 27.7 Å². The molecule has 9 nitrogen and oxygen atoms in total. The van der Waals surface area contributed by atoms with Gasteiger partial charge in [0.15, 0.2) is 0 Å². The molecule has 0 aliphatic rings. The van der Waals surface area contributed by atoms with E-state index in [4.69, 9.17) is 10.5 Å². The van der Waals surface area contributed by atoms with Crippen LogP contribution < -0.4 is 16.4 Å². The summed E-state index contributed by atoms with van der Waals surface area (Å²) in [5, 5.41) is 7.57. The van der Waals surface area contributed by atoms with E-state index >= 15 is 0 Å². The Kier molecular flexibility index (Phi) is 10.1. The first-order chi connectivity index (χ1) is 19.3. The van der Waals surface area contributed by atoms with Crippen LogP contribution in [0.5, 0.6) is 0 Å². The largest absolute Gasteiger partial charge is 0.444 e. The second-order valence-electron chi connectivity index (χ2n) is 11.2. The molecule has 0 aliphatic heterocycles. The number of likely N-dealkylation sites (N-methyl/N-ethyl adjacent to an activating group) is 1. The predicted octanol–water partition coefficient (Wildman–Crippen LogP) is 5.14. The van der Waals surface area contributed by atoms with E-state index in [0.717, 1.165) is 21.9 Å². The first-order valence-electron chi connectivity index (χ1n) is 13.7. The molecule has 0 bridgehead atoms. The molecule has 0 radical (unpaired) electrons. The molecule has 2 unspecified atom stereocenters. The van der Waals surface area contributed by atoms with E-state index in [1.807, 2.05) is 74.5 Å². The molecular weight excluding hydrogens is 520 g/mol. The normalized spacial score (nSPS) is 12.7. The Labute approximate surface area is 241 Å². The van der Waals surface area contributed by atoms with Crippen molar-refractivity contribution in [3.05, 3.63) is 77.4 Å². The number of anilines is 1. The number of nitrogens with one attached hydrogen (secondary N) is 2. The zero-order valence-corrected chi connectivity index (χ0v) is 24.6. The van der Waals surface area contributed by atoms with Gasteiger partial charge in [0.05, 0.1) is 0 Å². The van der Waals surface area contributed by atoms with Crippen molar-refractivity contribution in [1.29, 1.82) is 0 Å². The predicted molar refractivity (Wildman–Crippen MR) is 160 cm³/mol. The first-order valence-corrected chi connectivity index (χ1v) is 13.7. The van der Waals surface area contributed by atoms with Crippen LogP contribution in [0.1, 0.15) is 63.3 Å². The van der Waals surface area contributed by atoms with Gasteiger partial charge in [-0.2, -0.15) is 0 Å². The molecule has 218 valence electrons. The molecule has 3 aromatic rings. The molecule has 0 aliphatic carbocycles. The molecule has 0 fully saturated rings. The van der Waals surface area contributed by atoms with Gasteiger partial charge in [-0.05, 0) is 76.4 Å². The zero-order valence-electron chi connectivity index (χ0n) is 24.6. The number of ether oxygens (including phenoxy) is 1. The van der Waals surface area contributed by atoms with E-state index in [2.05, 4.69) is 10.6 Å². The highest BCUT2D eigenvalue weighted by molar-refractivity contribution is 6.00. The summed E-state index contributed by atoms with van der Waals surface area (Å²) in [5.74, 6) is -1.56. The van der Waals surface area contributed by atoms with Crippen LogP contribution in [-0.4, -0.2) is 46.9 Å². The van der Waals surface area contributed by atoms with Crippen molar-refractivity contribution in [1.82, 2.24) is 10.2 Å². The summed E-state index contributed by atoms with van der Waals surface area (Å²) in [6.45, 7) is 10.9. The number of hydrogen-bond acceptors (Lipinski definition) is 5. The highest BCUT2D eigenvalue weighted by Gasteiger charge is 2.36. The molecule has 0 spiro atoms. The van der Waals surface area contributed by atoms with Gasteiger partial charge in [-0.1, -0.05) is 59.7 Å². The summed E-state index contributed by atoms with van der Waals surface area (Å²) in [6, 6.07) is 17.0. The van der Waals surface area contributed by atoms with Crippen LogP contribution in [-0.2, 0) is 19.1 Å². The smallest absolute Gasteiger partial charge is 0.408 e. The van der Waals surface area contributed by atoms with E-state index in [9.17, 15) is 19.2 Å². The Morgan fingerprint density at radius 2 is 1.56 bits per heavy atom. The van der Waals surface area contributed by atoms with Crippen molar-refractivity contribution in [3.8, 4) is 0 Å². The fourth-order valence-corrected chi connectivity index (χ4v) is 4.78. The van der Waals surface area contributed by atoms with Gasteiger partial charge in [-0.3, -0.25) is 14.4 Å². The third kappa shape index (κ3) is 8.79. The van der Waals surface area contributed by atoms with Crippen LogP contribution in [0.15, 0.2) is 60.7 Å². The second-order valence-corrected chi connectivity index (χ2v) is 11.2. The third-order valence-electron chi connectivity index (χ3n) is 6.43. The van der Waals surface area contributed by atoms with Gasteiger partial charge in [-0.15, -0.1) is 0 Å². The number of nitrogens with two attached hydrogens (primary N) is 1. The van der Waals surface area contributed by atoms with Crippen LogP contribution in [0.3, 0.4) is 0 Å². The Morgan fingerprint density at radius 3 is 2.15 bits per heavy atom. The highest BCUT2D eigenvalue weighted by Crippen LogP contribution is 2.28. The summed E-state index contributed by atoms with van der Waals surface area (Å²) >= 11 is 0. The highest BCUT2D eigenvalue weighted by atomic mass is 16.6. The van der Waals surface area contributed by atoms with Gasteiger partial charge in [0.25, 0.3) is 5.91 Å². The number of aryl methyl sites for hydroxylation is 2. The lowest BCUT2D eigenvalue weighted by Crippen LogP contribution is -2.52. The second kappa shape index (κ2) is 13.3. The first kappa shape index (κ1) is 31.1. The summed E-state index contributed by atoms with van der Waals surface area (Å²) in [4.78, 5) is 53.7. The van der Waals surface area contributed by atoms with E-state index in [-0.39, 0.29) is 19.4 Å². The van der Waals surface area contributed by atoms with Crippen molar-refractivity contribution in [2.45, 2.75) is 72.1 Å². The molecule has 3 aromatic carbocycles. The van der Waals surface area contributed by atoms with Crippen LogP contribution in [0.4, 0.5) is 10.5 Å². The number of carbonyl (C=O) groups excluding carboxylic acids is 4. The lowest BCUT2D eigenvalue weighted by molar-refractivity contribution is -0.140. The van der Waals surface area contributed by atoms with E-state index in [1.165, 1.54) is 4.90 Å². The standard InChI is InChI=1S/C32H40N4O5/c1-7-36(30(39)26(14-15-27(33)37)35-31(40)41-32(4,5)6)28(24-17-20(2)16-21(3)18-24)29(38)34-25-13-12-22-10-8-9-11-23(22)19-25/h8-13,16-19,26,28H,7,14-15H2,1-6H3,(H2,33,37)(H,34,38)(H,35,40). The Bertz CT molecular complexity index is 1410. The monoisotopic (exact) mass is 560 g/mol. The number of carbonyl (C=O) groups is 4. The SMILES string of the molecule is CCN(C(=O)C(CCC(N)=O)NC(=O)OC(C)(C)C)C(C(=O)Nc1ccc2ccccc2c1)c1cc(C)cc(C)c1. The van der Waals surface area contributed by atoms with Gasteiger partial charge in [0.2, 0.25) is 11.8 Å². The fourth-order valence-electron chi connectivity index (χ4n) is 4.78. The summed E-state index contributed by atoms with van der Waals surface area (Å²) in [5.41, 5.74) is 7.65. The molecule has 2 atom stereocenters. The fraction of sp³-hybridized carbons (Fsp3) is 0.375. The number of amides is 4. The van der Waals surface area contributed by atoms with Gasteiger partial charge in [0, 0.05) is 18.7 Å². The number of fused-ring (bicyclic) bond motifs is 1. The number of rotatable bonds is 10. The molecule has 0 aromatic heterocycles. The summed E-state index contributed by atoms with van der Waals surface area (Å²) in [7, 11) is 0. The number of alkyl carbamates (subject to hydrolysis) is 1. The average Bonchev–Trinajstić information content (AvgIpc) is 2.87. The number of primary amides is 1. The molecule has 41 heavy (non-hydrogen) atoms. The molecule has 0 heterocycles. The van der Waals surface area contributed by atoms with Gasteiger partial charge >= 0.3 is 6.09 Å². The lowest BCUT2D eigenvalue weighted by Gasteiger charge is -2.34.